The van der Waals surface area contributed by atoms with E-state index in [0.717, 1.165) is 25.7 Å². The Labute approximate surface area is 260 Å². The summed E-state index contributed by atoms with van der Waals surface area (Å²) in [6, 6.07) is 0. The number of ketones is 2. The molecule has 0 aromatic rings. The Morgan fingerprint density at radius 2 is 1.77 bits per heavy atom. The van der Waals surface area contributed by atoms with E-state index in [1.165, 1.54) is 5.57 Å². The van der Waals surface area contributed by atoms with E-state index in [9.17, 15) is 30.0 Å². The summed E-state index contributed by atoms with van der Waals surface area (Å²) >= 11 is 0. The van der Waals surface area contributed by atoms with Crippen LogP contribution in [0.5, 0.6) is 0 Å². The molecule has 0 radical (unpaired) electrons. The number of hydrogen-bond donors (Lipinski definition) is 4. The van der Waals surface area contributed by atoms with Crippen LogP contribution in [-0.4, -0.2) is 87.1 Å². The van der Waals surface area contributed by atoms with Crippen LogP contribution in [-0.2, 0) is 23.8 Å². The minimum Gasteiger partial charge on any atom is -0.392 e. The third-order valence-electron chi connectivity index (χ3n) is 14.4. The van der Waals surface area contributed by atoms with Gasteiger partial charge in [0.15, 0.2) is 12.1 Å². The first-order valence-corrected chi connectivity index (χ1v) is 16.8. The quantitative estimate of drug-likeness (QED) is 0.261. The molecule has 5 aliphatic carbocycles. The molecule has 0 aromatic carbocycles. The van der Waals surface area contributed by atoms with E-state index in [1.54, 1.807) is 0 Å². The number of epoxide rings is 1. The summed E-state index contributed by atoms with van der Waals surface area (Å²) in [5.41, 5.74) is -0.761. The van der Waals surface area contributed by atoms with Crippen LogP contribution in [0.25, 0.3) is 0 Å². The average Bonchev–Trinajstić information content (AvgIpc) is 3.78. The highest BCUT2D eigenvalue weighted by Gasteiger charge is 2.84. The Kier molecular flexibility index (Phi) is 6.75. The second-order valence-corrected chi connectivity index (χ2v) is 17.3. The molecule has 0 amide bonds. The molecule has 6 fully saturated rings. The van der Waals surface area contributed by atoms with Gasteiger partial charge < -0.3 is 34.6 Å². The Balaban J connectivity index is 1.15. The maximum Gasteiger partial charge on any atom is 0.186 e. The lowest BCUT2D eigenvalue weighted by molar-refractivity contribution is -0.301. The van der Waals surface area contributed by atoms with E-state index in [4.69, 9.17) is 14.2 Å². The largest absolute Gasteiger partial charge is 0.392 e. The Bertz CT molecular complexity index is 1290. The van der Waals surface area contributed by atoms with E-state index in [-0.39, 0.29) is 63.7 Å². The molecule has 2 heterocycles. The molecule has 246 valence electrons. The second kappa shape index (κ2) is 9.45. The molecule has 2 spiro atoms. The van der Waals surface area contributed by atoms with Crippen LogP contribution in [0.4, 0.5) is 0 Å². The molecule has 0 aromatic heterocycles. The maximum atomic E-state index is 13.9. The van der Waals surface area contributed by atoms with Crippen molar-refractivity contribution < 1.29 is 44.2 Å². The molecule has 9 nitrogen and oxygen atoms in total. The van der Waals surface area contributed by atoms with Gasteiger partial charge in [-0.05, 0) is 74.0 Å². The Morgan fingerprint density at radius 1 is 1.09 bits per heavy atom. The van der Waals surface area contributed by atoms with Gasteiger partial charge in [0, 0.05) is 29.6 Å². The van der Waals surface area contributed by atoms with Gasteiger partial charge in [-0.25, -0.2) is 0 Å². The van der Waals surface area contributed by atoms with Crippen molar-refractivity contribution in [3.8, 4) is 0 Å². The molecule has 7 aliphatic rings. The minimum absolute atomic E-state index is 0.0687. The molecule has 4 N–H and O–H groups in total. The van der Waals surface area contributed by atoms with Crippen LogP contribution in [0.2, 0.25) is 0 Å². The van der Waals surface area contributed by atoms with E-state index < -0.39 is 47.8 Å². The topological polar surface area (TPSA) is 146 Å². The first-order valence-electron chi connectivity index (χ1n) is 16.8. The van der Waals surface area contributed by atoms with E-state index in [2.05, 4.69) is 33.8 Å². The molecule has 4 saturated carbocycles. The highest BCUT2D eigenvalue weighted by atomic mass is 16.7. The SMILES string of the molecule is C[C@H](CC(=O)C1OC1(C)C)[C@H]1C(=O)C[C@@]2(C)C3=CCC4C(C)(C)[C@@H](O[C@@H]5OC[C@@H](O)[C@@H](O)C5O)CC[C@@]45C[C@@]35C(O)C[C@]12C. The van der Waals surface area contributed by atoms with Crippen LogP contribution in [0, 0.1) is 44.8 Å². The zero-order chi connectivity index (χ0) is 32.0. The third kappa shape index (κ3) is 3.84. The summed E-state index contributed by atoms with van der Waals surface area (Å²) in [5.74, 6) is 0.0812. The van der Waals surface area contributed by atoms with Crippen LogP contribution in [0.1, 0.15) is 93.4 Å². The van der Waals surface area contributed by atoms with Crippen LogP contribution < -0.4 is 0 Å². The Hall–Kier alpha value is -1.20. The molecule has 44 heavy (non-hydrogen) atoms. The average molecular weight is 617 g/mol. The lowest BCUT2D eigenvalue weighted by atomic mass is 9.44. The van der Waals surface area contributed by atoms with Crippen LogP contribution in [0.3, 0.4) is 0 Å². The number of carbonyl (C=O) groups excluding carboxylic acids is 2. The normalized spacial score (nSPS) is 53.8. The van der Waals surface area contributed by atoms with Gasteiger partial charge in [0.05, 0.1) is 24.4 Å². The first-order chi connectivity index (χ1) is 20.4. The molecule has 14 atom stereocenters. The van der Waals surface area contributed by atoms with Gasteiger partial charge >= 0.3 is 0 Å². The molecule has 7 rings (SSSR count). The molecule has 2 saturated heterocycles. The minimum atomic E-state index is -1.33. The zero-order valence-corrected chi connectivity index (χ0v) is 27.3. The highest BCUT2D eigenvalue weighted by molar-refractivity contribution is 5.90. The third-order valence-corrected chi connectivity index (χ3v) is 14.4. The summed E-state index contributed by atoms with van der Waals surface area (Å²) in [7, 11) is 0. The summed E-state index contributed by atoms with van der Waals surface area (Å²) < 4.78 is 17.6. The fourth-order valence-electron chi connectivity index (χ4n) is 11.9. The Morgan fingerprint density at radius 3 is 2.43 bits per heavy atom. The maximum absolute atomic E-state index is 13.9. The van der Waals surface area contributed by atoms with E-state index >= 15 is 0 Å². The monoisotopic (exact) mass is 616 g/mol. The van der Waals surface area contributed by atoms with Gasteiger partial charge in [0.2, 0.25) is 0 Å². The number of Topliss-reactive ketones (excluding diaryl/α,β-unsaturated/α-hetero) is 2. The van der Waals surface area contributed by atoms with Crippen LogP contribution in [0.15, 0.2) is 11.6 Å². The van der Waals surface area contributed by atoms with Gasteiger partial charge in [0.1, 0.15) is 30.2 Å². The number of hydrogen-bond acceptors (Lipinski definition) is 9. The van der Waals surface area contributed by atoms with Crippen molar-refractivity contribution in [3.63, 3.8) is 0 Å². The molecular formula is C35H52O9. The number of aliphatic hydroxyl groups is 4. The van der Waals surface area contributed by atoms with Crippen molar-refractivity contribution in [2.75, 3.05) is 6.61 Å². The van der Waals surface area contributed by atoms with Crippen LogP contribution >= 0.6 is 0 Å². The first kappa shape index (κ1) is 31.4. The van der Waals surface area contributed by atoms with Gasteiger partial charge in [0.25, 0.3) is 0 Å². The standard InChI is InChI=1S/C35H52O9/c1-17(12-18(36)28-31(4,5)44-28)25-19(37)13-32(6)22-9-8-21-30(2,3)24(43-29-27(41)26(40)20(38)15-42-29)10-11-34(21)16-35(22,34)23(39)14-33(25,32)7/h9,17,20-21,23-29,38-41H,8,10-16H2,1-7H3/t17-,20-,21?,23?,24+,25+,26-,27?,28?,29+,32+,33-,34-,35+/m1/s1. The number of aliphatic hydroxyl groups excluding tert-OH is 4. The van der Waals surface area contributed by atoms with Crippen molar-refractivity contribution >= 4 is 11.6 Å². The summed E-state index contributed by atoms with van der Waals surface area (Å²) in [6.45, 7) is 14.6. The molecule has 9 heteroatoms. The second-order valence-electron chi connectivity index (χ2n) is 17.3. The number of carbonyl (C=O) groups is 2. The molecule has 4 unspecified atom stereocenters. The predicted octanol–water partition coefficient (Wildman–Crippen LogP) is 3.09. The van der Waals surface area contributed by atoms with Gasteiger partial charge in [-0.15, -0.1) is 0 Å². The van der Waals surface area contributed by atoms with Crippen molar-refractivity contribution in [3.05, 3.63) is 11.6 Å². The smallest absolute Gasteiger partial charge is 0.186 e. The van der Waals surface area contributed by atoms with Crippen molar-refractivity contribution in [2.45, 2.75) is 142 Å². The summed E-state index contributed by atoms with van der Waals surface area (Å²) in [6.07, 6.45) is 0.934. The number of ether oxygens (including phenoxy) is 3. The van der Waals surface area contributed by atoms with Crippen molar-refractivity contribution in [1.29, 1.82) is 0 Å². The van der Waals surface area contributed by atoms with Gasteiger partial charge in [-0.3, -0.25) is 9.59 Å². The number of allylic oxidation sites excluding steroid dienone is 1. The van der Waals surface area contributed by atoms with Gasteiger partial charge in [-0.1, -0.05) is 46.3 Å². The fourth-order valence-corrected chi connectivity index (χ4v) is 11.9. The predicted molar refractivity (Wildman–Crippen MR) is 159 cm³/mol. The molecule has 0 bridgehead atoms. The van der Waals surface area contributed by atoms with E-state index in [1.807, 2.05) is 20.8 Å². The fraction of sp³-hybridized carbons (Fsp3) is 0.886. The molecule has 2 aliphatic heterocycles. The lowest BCUT2D eigenvalue weighted by Gasteiger charge is -2.61. The zero-order valence-electron chi connectivity index (χ0n) is 27.3. The highest BCUT2D eigenvalue weighted by Crippen LogP contribution is 2.87. The number of rotatable bonds is 6. The summed E-state index contributed by atoms with van der Waals surface area (Å²) in [5, 5.41) is 42.9. The van der Waals surface area contributed by atoms with Crippen molar-refractivity contribution in [1.82, 2.24) is 0 Å². The van der Waals surface area contributed by atoms with Gasteiger partial charge in [-0.2, -0.15) is 0 Å². The molecular weight excluding hydrogens is 564 g/mol. The van der Waals surface area contributed by atoms with Crippen molar-refractivity contribution in [2.24, 2.45) is 44.8 Å². The van der Waals surface area contributed by atoms with E-state index in [0.29, 0.717) is 19.3 Å². The summed E-state index contributed by atoms with van der Waals surface area (Å²) in [4.78, 5) is 27.0. The number of fused-ring (bicyclic) bond motifs is 2. The lowest BCUT2D eigenvalue weighted by Crippen LogP contribution is -2.59.